The van der Waals surface area contributed by atoms with Crippen molar-refractivity contribution in [3.05, 3.63) is 52.6 Å². The fourth-order valence-electron chi connectivity index (χ4n) is 4.91. The first kappa shape index (κ1) is 21.3. The van der Waals surface area contributed by atoms with Crippen LogP contribution >= 0.6 is 11.3 Å². The van der Waals surface area contributed by atoms with E-state index in [2.05, 4.69) is 50.6 Å². The molecule has 0 atom stereocenters. The molecule has 168 valence electrons. The number of benzene rings is 1. The molecule has 0 bridgehead atoms. The number of hydrogen-bond donors (Lipinski definition) is 3. The van der Waals surface area contributed by atoms with E-state index in [0.29, 0.717) is 6.04 Å². The van der Waals surface area contributed by atoms with Crippen molar-refractivity contribution in [2.45, 2.75) is 50.3 Å². The second-order valence-electron chi connectivity index (χ2n) is 9.08. The number of nitrogens with one attached hydrogen (secondary N) is 2. The Balaban J connectivity index is 1.07. The molecule has 0 unspecified atom stereocenters. The molecular formula is C24H29N5O2S. The van der Waals surface area contributed by atoms with Crippen LogP contribution in [0.5, 0.6) is 0 Å². The monoisotopic (exact) mass is 451 g/mol. The van der Waals surface area contributed by atoms with Crippen LogP contribution in [-0.2, 0) is 10.4 Å². The van der Waals surface area contributed by atoms with E-state index in [1.54, 1.807) is 17.9 Å². The highest BCUT2D eigenvalue weighted by Crippen LogP contribution is 2.40. The number of likely N-dealkylation sites (tertiary alicyclic amines) is 1. The van der Waals surface area contributed by atoms with Crippen LogP contribution in [0.3, 0.4) is 0 Å². The van der Waals surface area contributed by atoms with Crippen LogP contribution in [0.4, 0.5) is 5.82 Å². The minimum absolute atomic E-state index is 0.00989. The molecule has 1 aromatic carbocycles. The third-order valence-electron chi connectivity index (χ3n) is 6.80. The van der Waals surface area contributed by atoms with Gasteiger partial charge in [0, 0.05) is 36.9 Å². The Morgan fingerprint density at radius 2 is 2.09 bits per heavy atom. The van der Waals surface area contributed by atoms with E-state index in [9.17, 15) is 9.90 Å². The molecule has 2 aromatic heterocycles. The van der Waals surface area contributed by atoms with Crippen LogP contribution in [0.2, 0.25) is 0 Å². The second-order valence-corrected chi connectivity index (χ2v) is 9.97. The molecule has 3 heterocycles. The van der Waals surface area contributed by atoms with Crippen molar-refractivity contribution in [3.63, 3.8) is 0 Å². The van der Waals surface area contributed by atoms with Gasteiger partial charge < -0.3 is 15.7 Å². The van der Waals surface area contributed by atoms with Gasteiger partial charge in [-0.15, -0.1) is 11.3 Å². The average Bonchev–Trinajstić information content (AvgIpc) is 3.31. The molecule has 3 N–H and O–H groups in total. The third-order valence-corrected chi connectivity index (χ3v) is 7.77. The molecule has 0 spiro atoms. The number of aliphatic hydroxyl groups is 1. The minimum Gasteiger partial charge on any atom is -0.384 e. The van der Waals surface area contributed by atoms with Crippen molar-refractivity contribution in [2.75, 3.05) is 25.0 Å². The minimum atomic E-state index is -0.712. The molecule has 1 saturated carbocycles. The Morgan fingerprint density at radius 3 is 2.84 bits per heavy atom. The van der Waals surface area contributed by atoms with Gasteiger partial charge >= 0.3 is 0 Å². The predicted octanol–water partition coefficient (Wildman–Crippen LogP) is 3.04. The Kier molecular flexibility index (Phi) is 5.84. The summed E-state index contributed by atoms with van der Waals surface area (Å²) in [6, 6.07) is 8.89. The molecule has 1 aliphatic carbocycles. The average molecular weight is 452 g/mol. The van der Waals surface area contributed by atoms with Crippen molar-refractivity contribution in [1.29, 1.82) is 0 Å². The summed E-state index contributed by atoms with van der Waals surface area (Å²) in [4.78, 5) is 24.4. The van der Waals surface area contributed by atoms with E-state index < -0.39 is 5.60 Å². The van der Waals surface area contributed by atoms with Gasteiger partial charge in [-0.2, -0.15) is 0 Å². The first-order chi connectivity index (χ1) is 15.5. The largest absolute Gasteiger partial charge is 0.384 e. The van der Waals surface area contributed by atoms with Gasteiger partial charge in [-0.1, -0.05) is 17.7 Å². The summed E-state index contributed by atoms with van der Waals surface area (Å²) in [7, 11) is 0. The van der Waals surface area contributed by atoms with Gasteiger partial charge in [0.25, 0.3) is 0 Å². The Hall–Kier alpha value is -2.55. The number of thiazole rings is 1. The third kappa shape index (κ3) is 4.35. The van der Waals surface area contributed by atoms with E-state index in [1.165, 1.54) is 16.9 Å². The highest BCUT2D eigenvalue weighted by atomic mass is 32.1. The lowest BCUT2D eigenvalue weighted by atomic mass is 9.80. The summed E-state index contributed by atoms with van der Waals surface area (Å²) >= 11 is 1.54. The fraction of sp³-hybridized carbons (Fsp3) is 0.458. The summed E-state index contributed by atoms with van der Waals surface area (Å²) in [5.41, 5.74) is 2.24. The van der Waals surface area contributed by atoms with Crippen molar-refractivity contribution >= 4 is 33.8 Å². The Bertz CT molecular complexity index is 1090. The van der Waals surface area contributed by atoms with E-state index in [1.807, 2.05) is 6.07 Å². The number of anilines is 1. The Labute approximate surface area is 191 Å². The number of carbonyl (C=O) groups excluding carboxylic acids is 1. The normalized spacial score (nSPS) is 24.2. The molecule has 5 rings (SSSR count). The van der Waals surface area contributed by atoms with Crippen LogP contribution in [-0.4, -0.2) is 57.6 Å². The number of aromatic nitrogens is 2. The lowest BCUT2D eigenvalue weighted by molar-refractivity contribution is -0.121. The molecule has 2 fully saturated rings. The van der Waals surface area contributed by atoms with Gasteiger partial charge in [-0.25, -0.2) is 4.98 Å². The van der Waals surface area contributed by atoms with Crippen LogP contribution in [0, 0.1) is 6.92 Å². The fourth-order valence-corrected chi connectivity index (χ4v) is 5.69. The summed E-state index contributed by atoms with van der Waals surface area (Å²) in [6.07, 6.45) is 7.06. The van der Waals surface area contributed by atoms with Crippen LogP contribution in [0.15, 0.2) is 42.2 Å². The maximum Gasteiger partial charge on any atom is 0.239 e. The molecule has 0 radical (unpaired) electrons. The topological polar surface area (TPSA) is 90.4 Å². The summed E-state index contributed by atoms with van der Waals surface area (Å²) in [5, 5.41) is 19.4. The standard InChI is InChI=1S/C24H29N5O2S/c1-16-2-3-17-6-9-26-23(20(17)10-16)27-12-22(30)28-18-13-29(14-18)19-4-7-24(31,8-5-19)21-11-25-15-32-21/h2-3,6,9-11,15,18-19,31H,4-5,7-8,12-14H2,1H3,(H,26,27)(H,28,30). The number of rotatable bonds is 6. The van der Waals surface area contributed by atoms with E-state index in [4.69, 9.17) is 0 Å². The number of amides is 1. The summed E-state index contributed by atoms with van der Waals surface area (Å²) < 4.78 is 0. The summed E-state index contributed by atoms with van der Waals surface area (Å²) in [6.45, 7) is 4.02. The highest BCUT2D eigenvalue weighted by Gasteiger charge is 2.40. The number of fused-ring (bicyclic) bond motifs is 1. The smallest absolute Gasteiger partial charge is 0.239 e. The van der Waals surface area contributed by atoms with E-state index >= 15 is 0 Å². The number of aryl methyl sites for hydroxylation is 1. The number of carbonyl (C=O) groups is 1. The quantitative estimate of drug-likeness (QED) is 0.534. The van der Waals surface area contributed by atoms with Crippen LogP contribution < -0.4 is 10.6 Å². The number of nitrogens with zero attached hydrogens (tertiary/aromatic N) is 3. The van der Waals surface area contributed by atoms with Gasteiger partial charge in [-0.05, 0) is 50.1 Å². The van der Waals surface area contributed by atoms with Crippen molar-refractivity contribution in [1.82, 2.24) is 20.2 Å². The molecule has 7 nitrogen and oxygen atoms in total. The number of pyridine rings is 1. The van der Waals surface area contributed by atoms with E-state index in [0.717, 1.165) is 60.2 Å². The Morgan fingerprint density at radius 1 is 1.28 bits per heavy atom. The maximum atomic E-state index is 12.5. The molecule has 1 saturated heterocycles. The summed E-state index contributed by atoms with van der Waals surface area (Å²) in [5.74, 6) is 0.733. The molecular weight excluding hydrogens is 422 g/mol. The zero-order valence-electron chi connectivity index (χ0n) is 18.3. The predicted molar refractivity (Wildman–Crippen MR) is 127 cm³/mol. The van der Waals surface area contributed by atoms with Gasteiger partial charge in [0.1, 0.15) is 11.4 Å². The van der Waals surface area contributed by atoms with Gasteiger partial charge in [-0.3, -0.25) is 14.7 Å². The maximum absolute atomic E-state index is 12.5. The molecule has 32 heavy (non-hydrogen) atoms. The SMILES string of the molecule is Cc1ccc2ccnc(NCC(=O)NC3CN(C4CCC(O)(c5cncs5)CC4)C3)c2c1. The van der Waals surface area contributed by atoms with Crippen LogP contribution in [0.1, 0.15) is 36.1 Å². The molecule has 1 aliphatic heterocycles. The van der Waals surface area contributed by atoms with Crippen molar-refractivity contribution in [2.24, 2.45) is 0 Å². The highest BCUT2D eigenvalue weighted by molar-refractivity contribution is 7.09. The first-order valence-corrected chi connectivity index (χ1v) is 12.1. The molecule has 8 heteroatoms. The second kappa shape index (κ2) is 8.77. The molecule has 3 aromatic rings. The van der Waals surface area contributed by atoms with Crippen molar-refractivity contribution < 1.29 is 9.90 Å². The zero-order valence-corrected chi connectivity index (χ0v) is 19.1. The van der Waals surface area contributed by atoms with Gasteiger partial charge in [0.15, 0.2) is 0 Å². The lowest BCUT2D eigenvalue weighted by Gasteiger charge is -2.48. The lowest BCUT2D eigenvalue weighted by Crippen LogP contribution is -2.63. The van der Waals surface area contributed by atoms with Crippen molar-refractivity contribution in [3.8, 4) is 0 Å². The van der Waals surface area contributed by atoms with E-state index in [-0.39, 0.29) is 18.5 Å². The van der Waals surface area contributed by atoms with Gasteiger partial charge in [0.05, 0.1) is 23.0 Å². The number of hydrogen-bond acceptors (Lipinski definition) is 7. The molecule has 2 aliphatic rings. The van der Waals surface area contributed by atoms with Gasteiger partial charge in [0.2, 0.25) is 5.91 Å². The first-order valence-electron chi connectivity index (χ1n) is 11.2. The van der Waals surface area contributed by atoms with Crippen LogP contribution in [0.25, 0.3) is 10.8 Å². The zero-order chi connectivity index (χ0) is 22.1. The molecule has 1 amide bonds.